The summed E-state index contributed by atoms with van der Waals surface area (Å²) in [6, 6.07) is 34.2. The second-order valence-electron chi connectivity index (χ2n) is 14.3. The number of rotatable bonds is 12. The Balaban J connectivity index is 0.000000205. The van der Waals surface area contributed by atoms with Crippen LogP contribution in [-0.2, 0) is 21.8 Å². The number of fused-ring (bicyclic) bond motifs is 1. The number of Topliss-reactive ketones (excluding diaryl/α,β-unsaturated/α-hetero) is 2. The van der Waals surface area contributed by atoms with E-state index in [1.54, 1.807) is 12.1 Å². The largest absolute Gasteiger partial charge is 0.491 e. The van der Waals surface area contributed by atoms with Gasteiger partial charge in [-0.1, -0.05) is 103 Å². The number of ether oxygens (including phenoxy) is 2. The molecular formula is C45H42FNO12. The van der Waals surface area contributed by atoms with Crippen LogP contribution in [0, 0.1) is 5.82 Å². The van der Waals surface area contributed by atoms with Crippen LogP contribution in [0.5, 0.6) is 11.5 Å². The molecule has 4 atom stereocenters. The van der Waals surface area contributed by atoms with Crippen molar-refractivity contribution in [3.8, 4) is 11.5 Å². The van der Waals surface area contributed by atoms with Gasteiger partial charge in [0.15, 0.2) is 0 Å². The first-order valence-corrected chi connectivity index (χ1v) is 18.6. The zero-order valence-corrected chi connectivity index (χ0v) is 31.6. The van der Waals surface area contributed by atoms with E-state index in [4.69, 9.17) is 9.47 Å². The summed E-state index contributed by atoms with van der Waals surface area (Å²) in [5, 5.41) is 62.0. The van der Waals surface area contributed by atoms with E-state index in [0.29, 0.717) is 50.6 Å². The number of ketones is 2. The molecule has 2 aliphatic rings. The van der Waals surface area contributed by atoms with Crippen LogP contribution in [0.2, 0.25) is 0 Å². The number of hydrogen-bond donors (Lipinski definition) is 6. The fourth-order valence-corrected chi connectivity index (χ4v) is 7.20. The molecule has 14 heteroatoms. The highest BCUT2D eigenvalue weighted by molar-refractivity contribution is 6.28. The molecule has 13 nitrogen and oxygen atoms in total. The van der Waals surface area contributed by atoms with Gasteiger partial charge in [-0.15, -0.1) is 0 Å². The van der Waals surface area contributed by atoms with Crippen molar-refractivity contribution in [3.05, 3.63) is 167 Å². The number of carbonyl (C=O) groups is 4. The van der Waals surface area contributed by atoms with Crippen LogP contribution in [0.15, 0.2) is 133 Å². The molecule has 59 heavy (non-hydrogen) atoms. The average molecular weight is 808 g/mol. The van der Waals surface area contributed by atoms with E-state index in [2.05, 4.69) is 4.90 Å². The number of aliphatic hydroxyl groups excluding tert-OH is 1. The van der Waals surface area contributed by atoms with Gasteiger partial charge in [0, 0.05) is 35.8 Å². The lowest BCUT2D eigenvalue weighted by Gasteiger charge is -2.44. The van der Waals surface area contributed by atoms with E-state index in [9.17, 15) is 54.2 Å². The Morgan fingerprint density at radius 2 is 1.22 bits per heavy atom. The van der Waals surface area contributed by atoms with E-state index in [1.165, 1.54) is 48.5 Å². The molecule has 1 fully saturated rings. The van der Waals surface area contributed by atoms with Crippen molar-refractivity contribution < 1.29 is 63.7 Å². The van der Waals surface area contributed by atoms with Crippen molar-refractivity contribution >= 4 is 23.5 Å². The molecule has 1 saturated heterocycles. The van der Waals surface area contributed by atoms with E-state index in [-0.39, 0.29) is 11.9 Å². The third kappa shape index (κ3) is 8.63. The Morgan fingerprint density at radius 1 is 0.729 bits per heavy atom. The van der Waals surface area contributed by atoms with Gasteiger partial charge in [0.2, 0.25) is 11.6 Å². The molecule has 0 amide bonds. The summed E-state index contributed by atoms with van der Waals surface area (Å²) in [5.74, 6) is -7.00. The maximum absolute atomic E-state index is 13.3. The van der Waals surface area contributed by atoms with Crippen molar-refractivity contribution in [1.29, 1.82) is 0 Å². The lowest BCUT2D eigenvalue weighted by Crippen LogP contribution is -2.71. The molecule has 306 valence electrons. The van der Waals surface area contributed by atoms with Crippen LogP contribution >= 0.6 is 0 Å². The average Bonchev–Trinajstić information content (AvgIpc) is 3.26. The van der Waals surface area contributed by atoms with Gasteiger partial charge >= 0.3 is 11.9 Å². The summed E-state index contributed by atoms with van der Waals surface area (Å²) in [5.41, 5.74) is -7.10. The molecule has 6 N–H and O–H groups in total. The summed E-state index contributed by atoms with van der Waals surface area (Å²) in [6.07, 6.45) is 0.344. The van der Waals surface area contributed by atoms with Gasteiger partial charge in [0.05, 0.1) is 11.6 Å². The topological polar surface area (TPSA) is 211 Å². The zero-order valence-electron chi connectivity index (χ0n) is 31.6. The highest BCUT2D eigenvalue weighted by Gasteiger charge is 2.69. The number of hydrogen-bond acceptors (Lipinski definition) is 11. The number of halogens is 1. The molecule has 7 rings (SSSR count). The number of piperidine rings is 1. The number of likely N-dealkylation sites (tertiary alicyclic amines) is 1. The number of benzene rings is 5. The number of aliphatic hydroxyl groups is 4. The minimum Gasteiger partial charge on any atom is -0.491 e. The summed E-state index contributed by atoms with van der Waals surface area (Å²) >= 11 is 0. The van der Waals surface area contributed by atoms with Crippen LogP contribution in [-0.4, -0.2) is 96.0 Å². The van der Waals surface area contributed by atoms with E-state index < -0.39 is 57.5 Å². The lowest BCUT2D eigenvalue weighted by atomic mass is 9.73. The van der Waals surface area contributed by atoms with E-state index in [1.807, 2.05) is 48.5 Å². The van der Waals surface area contributed by atoms with Crippen molar-refractivity contribution in [1.82, 2.24) is 4.90 Å². The molecule has 0 bridgehead atoms. The summed E-state index contributed by atoms with van der Waals surface area (Å²) in [6.45, 7) is 2.07. The molecule has 2 aliphatic heterocycles. The van der Waals surface area contributed by atoms with Crippen molar-refractivity contribution in [2.45, 2.75) is 48.4 Å². The van der Waals surface area contributed by atoms with E-state index in [0.717, 1.165) is 41.0 Å². The molecule has 0 spiro atoms. The third-order valence-corrected chi connectivity index (χ3v) is 10.7. The highest BCUT2D eigenvalue weighted by atomic mass is 19.1. The van der Waals surface area contributed by atoms with Crippen LogP contribution in [0.1, 0.15) is 56.4 Å². The Kier molecular flexibility index (Phi) is 12.7. The maximum atomic E-state index is 13.3. The smallest absolute Gasteiger partial charge is 0.348 e. The first-order chi connectivity index (χ1) is 28.2. The van der Waals surface area contributed by atoms with Crippen LogP contribution in [0.25, 0.3) is 0 Å². The fourth-order valence-electron chi connectivity index (χ4n) is 7.20. The van der Waals surface area contributed by atoms with Gasteiger partial charge in [-0.05, 0) is 48.2 Å². The van der Waals surface area contributed by atoms with Crippen LogP contribution in [0.4, 0.5) is 4.39 Å². The minimum atomic E-state index is -3.95. The van der Waals surface area contributed by atoms with Crippen LogP contribution in [0.3, 0.4) is 0 Å². The first-order valence-electron chi connectivity index (χ1n) is 18.6. The molecule has 5 aromatic carbocycles. The van der Waals surface area contributed by atoms with Gasteiger partial charge in [-0.25, -0.2) is 14.0 Å². The number of carboxylic acid groups (broad SMARTS) is 2. The fraction of sp³-hybridized carbons (Fsp3) is 0.244. The number of nitrogens with zero attached hydrogens (tertiary/aromatic N) is 1. The number of carbonyl (C=O) groups excluding carboxylic acids is 2. The molecule has 0 aromatic heterocycles. The van der Waals surface area contributed by atoms with Crippen molar-refractivity contribution in [2.75, 3.05) is 19.7 Å². The quantitative estimate of drug-likeness (QED) is 0.0755. The second kappa shape index (κ2) is 17.7. The maximum Gasteiger partial charge on any atom is 0.348 e. The molecule has 5 aromatic rings. The highest BCUT2D eigenvalue weighted by Crippen LogP contribution is 2.40. The van der Waals surface area contributed by atoms with Gasteiger partial charge in [-0.2, -0.15) is 0 Å². The number of aliphatic carboxylic acids is 2. The normalized spacial score (nSPS) is 19.2. The Labute approximate surface area is 338 Å². The molecule has 0 radical (unpaired) electrons. The van der Waals surface area contributed by atoms with E-state index >= 15 is 0 Å². The lowest BCUT2D eigenvalue weighted by molar-refractivity contribution is -0.187. The van der Waals surface area contributed by atoms with Gasteiger partial charge in [0.25, 0.3) is 11.2 Å². The minimum absolute atomic E-state index is 0.189. The third-order valence-electron chi connectivity index (χ3n) is 10.7. The van der Waals surface area contributed by atoms with Crippen molar-refractivity contribution in [2.24, 2.45) is 0 Å². The zero-order chi connectivity index (χ0) is 42.4. The molecule has 2 unspecified atom stereocenters. The Hall–Kier alpha value is -6.29. The summed E-state index contributed by atoms with van der Waals surface area (Å²) in [4.78, 5) is 50.7. The molecular weight excluding hydrogens is 765 g/mol. The van der Waals surface area contributed by atoms with Gasteiger partial charge in [0.1, 0.15) is 36.6 Å². The Morgan fingerprint density at radius 3 is 1.71 bits per heavy atom. The van der Waals surface area contributed by atoms with Crippen LogP contribution < -0.4 is 9.47 Å². The second-order valence-corrected chi connectivity index (χ2v) is 14.3. The van der Waals surface area contributed by atoms with Gasteiger partial charge in [-0.3, -0.25) is 14.5 Å². The monoisotopic (exact) mass is 807 g/mol. The van der Waals surface area contributed by atoms with Crippen molar-refractivity contribution in [3.63, 3.8) is 0 Å². The predicted octanol–water partition coefficient (Wildman–Crippen LogP) is 4.57. The molecule has 2 heterocycles. The SMILES string of the molecule is O=C(O)[C@](O)(C(=O)c1ccccc1)[C@](O)(C(=O)O)C(=O)c1ccccc1.OC1c2ccc(OCc3ccccc3)cc2OCC1N1CCC(O)(c2ccc(F)cc2)CC1. The summed E-state index contributed by atoms with van der Waals surface area (Å²) < 4.78 is 25.2. The first kappa shape index (κ1) is 42.3. The standard InChI is InChI=1S/C27H28FNO4.C18H14O8/c28-21-8-6-20(7-9-21)27(31)12-14-29(15-13-27)24-18-33-25-16-22(10-11-23(25)26(24)30)32-17-19-4-2-1-3-5-19;19-13(11-7-3-1-4-8-11)17(25,15(21)22)18(26,16(23)24)14(20)12-9-5-2-6-10-12/h1-11,16,24,26,30-31H,12-15,17-18H2;1-10,25-26H,(H,21,22)(H,23,24)/t;17-,18-/m.1/s1. The number of carboxylic acids is 2. The molecule has 0 aliphatic carbocycles. The van der Waals surface area contributed by atoms with Gasteiger partial charge < -0.3 is 40.1 Å². The summed E-state index contributed by atoms with van der Waals surface area (Å²) in [7, 11) is 0. The molecule has 0 saturated carbocycles. The Bertz CT molecular complexity index is 2190. The predicted molar refractivity (Wildman–Crippen MR) is 209 cm³/mol.